The fourth-order valence-corrected chi connectivity index (χ4v) is 10.5. The Morgan fingerprint density at radius 2 is 1.32 bits per heavy atom. The van der Waals surface area contributed by atoms with Crippen molar-refractivity contribution in [3.63, 3.8) is 0 Å². The molecule has 0 spiro atoms. The normalized spacial score (nSPS) is 17.8. The summed E-state index contributed by atoms with van der Waals surface area (Å²) in [5.41, 5.74) is 22.6. The molecule has 5 aliphatic rings. The van der Waals surface area contributed by atoms with Crippen LogP contribution >= 0.6 is 0 Å². The average Bonchev–Trinajstić information content (AvgIpc) is 4.08. The number of hydrogen-bond donors (Lipinski definition) is 1. The second-order valence-corrected chi connectivity index (χ2v) is 17.1. The molecule has 0 heterocycles. The molecule has 344 valence electrons. The summed E-state index contributed by atoms with van der Waals surface area (Å²) in [6.45, 7) is 16.4. The number of benzene rings is 6. The van der Waals surface area contributed by atoms with Crippen molar-refractivity contribution in [3.05, 3.63) is 261 Å². The highest BCUT2D eigenvalue weighted by molar-refractivity contribution is 5.93. The molecule has 5 aliphatic carbocycles. The van der Waals surface area contributed by atoms with Gasteiger partial charge in [0.25, 0.3) is 0 Å². The summed E-state index contributed by atoms with van der Waals surface area (Å²) in [4.78, 5) is 2.39. The van der Waals surface area contributed by atoms with Crippen LogP contribution in [0.4, 0.5) is 17.1 Å². The molecule has 0 amide bonds. The molecule has 0 aromatic heterocycles. The molecule has 0 saturated heterocycles. The predicted molar refractivity (Wildman–Crippen MR) is 295 cm³/mol. The van der Waals surface area contributed by atoms with Crippen LogP contribution in [0.2, 0.25) is 0 Å². The maximum Gasteiger partial charge on any atom is 0.101 e. The Morgan fingerprint density at radius 3 is 1.94 bits per heavy atom. The van der Waals surface area contributed by atoms with E-state index < -0.39 is 0 Å². The third-order valence-electron chi connectivity index (χ3n) is 13.5. The van der Waals surface area contributed by atoms with Crippen LogP contribution < -0.4 is 10.2 Å². The first-order valence-electron chi connectivity index (χ1n) is 25.2. The zero-order valence-corrected chi connectivity index (χ0v) is 41.6. The maximum absolute atomic E-state index is 11.2. The molecular weight excluding hydrogens is 835 g/mol. The van der Waals surface area contributed by atoms with Gasteiger partial charge in [-0.1, -0.05) is 199 Å². The molecule has 3 atom stereocenters. The predicted octanol–water partition coefficient (Wildman–Crippen LogP) is 18.3. The van der Waals surface area contributed by atoms with Crippen LogP contribution in [-0.4, -0.2) is 0 Å². The van der Waals surface area contributed by atoms with Crippen molar-refractivity contribution in [1.82, 2.24) is 0 Å². The third kappa shape index (κ3) is 9.08. The van der Waals surface area contributed by atoms with Gasteiger partial charge < -0.3 is 10.2 Å². The number of nitriles is 1. The van der Waals surface area contributed by atoms with Crippen molar-refractivity contribution < 1.29 is 0 Å². The number of anilines is 3. The quantitative estimate of drug-likeness (QED) is 0.104. The van der Waals surface area contributed by atoms with Crippen LogP contribution in [0.25, 0.3) is 28.3 Å². The Labute approximate surface area is 412 Å². The molecule has 0 radical (unpaired) electrons. The van der Waals surface area contributed by atoms with Crippen molar-refractivity contribution in [2.45, 2.75) is 80.1 Å². The van der Waals surface area contributed by atoms with Gasteiger partial charge in [0.05, 0.1) is 11.3 Å². The highest BCUT2D eigenvalue weighted by Crippen LogP contribution is 2.63. The van der Waals surface area contributed by atoms with Gasteiger partial charge in [0.15, 0.2) is 0 Å². The number of nitrogens with one attached hydrogen (secondary N) is 1. The molecule has 3 heteroatoms. The summed E-state index contributed by atoms with van der Waals surface area (Å²) in [5.74, 6) is 0.438. The Hall–Kier alpha value is -7.67. The average molecular weight is 900 g/mol. The van der Waals surface area contributed by atoms with Crippen LogP contribution in [-0.2, 0) is 0 Å². The third-order valence-corrected chi connectivity index (χ3v) is 13.5. The minimum absolute atomic E-state index is 0.00967. The molecule has 3 unspecified atom stereocenters. The highest BCUT2D eigenvalue weighted by Gasteiger charge is 2.49. The minimum Gasteiger partial charge on any atom is -0.358 e. The van der Waals surface area contributed by atoms with E-state index in [1.807, 2.05) is 47.6 Å². The monoisotopic (exact) mass is 900 g/mol. The lowest BCUT2D eigenvalue weighted by Crippen LogP contribution is -2.25. The molecule has 11 rings (SSSR count). The smallest absolute Gasteiger partial charge is 0.101 e. The summed E-state index contributed by atoms with van der Waals surface area (Å²) >= 11 is 0. The number of nitrogens with zero attached hydrogens (tertiary/aromatic N) is 2. The molecule has 3 nitrogen and oxygen atoms in total. The molecule has 6 aromatic carbocycles. The lowest BCUT2D eigenvalue weighted by molar-refractivity contribution is 0.780. The van der Waals surface area contributed by atoms with Gasteiger partial charge in [0, 0.05) is 52.5 Å². The molecule has 0 bridgehead atoms. The molecular formula is C66H65N3. The lowest BCUT2D eigenvalue weighted by Gasteiger charge is -2.35. The van der Waals surface area contributed by atoms with Crippen LogP contribution in [0, 0.1) is 24.2 Å². The Morgan fingerprint density at radius 1 is 0.696 bits per heavy atom. The summed E-state index contributed by atoms with van der Waals surface area (Å²) in [7, 11) is 0. The Kier molecular flexibility index (Phi) is 15.2. The SMILES string of the molecule is C/C=C\C=C/c1cc(C2C=CC2)c(C)c(C2C3=CC4C(N(c5ccccc5)c5c(C#N)cc(-c6ccccc6)cc5-c5ccccc5)=CC=C5CC(=C2Nc2ccccc2)C3=C54)c1.CC.CC.CC. The van der Waals surface area contributed by atoms with Gasteiger partial charge in [0.2, 0.25) is 0 Å². The van der Waals surface area contributed by atoms with Gasteiger partial charge in [-0.15, -0.1) is 0 Å². The van der Waals surface area contributed by atoms with Crippen molar-refractivity contribution >= 4 is 23.1 Å². The number of allylic oxidation sites excluding steroid dienone is 12. The van der Waals surface area contributed by atoms with E-state index in [-0.39, 0.29) is 11.8 Å². The topological polar surface area (TPSA) is 39.1 Å². The van der Waals surface area contributed by atoms with Gasteiger partial charge in [-0.3, -0.25) is 0 Å². The molecule has 0 saturated carbocycles. The zero-order chi connectivity index (χ0) is 48.4. The first kappa shape index (κ1) is 47.8. The van der Waals surface area contributed by atoms with E-state index in [1.54, 1.807) is 0 Å². The largest absolute Gasteiger partial charge is 0.358 e. The van der Waals surface area contributed by atoms with Gasteiger partial charge in [-0.25, -0.2) is 0 Å². The Bertz CT molecular complexity index is 3090. The van der Waals surface area contributed by atoms with Crippen molar-refractivity contribution in [1.29, 1.82) is 5.26 Å². The van der Waals surface area contributed by atoms with Crippen LogP contribution in [0.15, 0.2) is 233 Å². The van der Waals surface area contributed by atoms with E-state index in [1.165, 1.54) is 55.8 Å². The van der Waals surface area contributed by atoms with Gasteiger partial charge in [-0.05, 0) is 130 Å². The van der Waals surface area contributed by atoms with Crippen molar-refractivity contribution in [3.8, 4) is 28.3 Å². The van der Waals surface area contributed by atoms with Gasteiger partial charge in [0.1, 0.15) is 6.07 Å². The fraction of sp³-hybridized carbons (Fsp3) is 0.197. The summed E-state index contributed by atoms with van der Waals surface area (Å²) < 4.78 is 0. The van der Waals surface area contributed by atoms with Crippen molar-refractivity contribution in [2.24, 2.45) is 5.92 Å². The van der Waals surface area contributed by atoms with Crippen LogP contribution in [0.3, 0.4) is 0 Å². The fourth-order valence-electron chi connectivity index (χ4n) is 10.5. The first-order valence-corrected chi connectivity index (χ1v) is 25.2. The summed E-state index contributed by atoms with van der Waals surface area (Å²) in [6.07, 6.45) is 22.5. The standard InChI is InChI=1S/C60H47N3.3C2H6/c1-3-4-9-19-40-32-49(42-24-18-25-42)39(2)50(33-40)58-53-37-52-55(31-30-44-35-54(57(53)56(44)52)59(58)62-47-26-14-7-15-27-47)63(48-28-16-8-17-29-48)60-46(38-61)34-45(41-20-10-5-11-21-41)36-51(60)43-22-12-6-13-23-43;3*1-2/h3-24,26-34,36-37,42,52,58,62H,25,35H2,1-2H3;3*1-2H3/b4-3-,19-9-;;;. The molecule has 1 N–H and O–H groups in total. The second-order valence-electron chi connectivity index (χ2n) is 17.1. The molecule has 0 aliphatic heterocycles. The zero-order valence-electron chi connectivity index (χ0n) is 41.6. The number of hydrogen-bond acceptors (Lipinski definition) is 3. The van der Waals surface area contributed by atoms with E-state index in [0.717, 1.165) is 57.9 Å². The minimum atomic E-state index is -0.00967. The van der Waals surface area contributed by atoms with Crippen LogP contribution in [0.5, 0.6) is 0 Å². The maximum atomic E-state index is 11.2. The first-order chi connectivity index (χ1) is 34.1. The summed E-state index contributed by atoms with van der Waals surface area (Å²) in [5, 5.41) is 15.2. The second kappa shape index (κ2) is 22.0. The number of para-hydroxylation sites is 2. The Balaban J connectivity index is 0.00000103. The van der Waals surface area contributed by atoms with Crippen molar-refractivity contribution in [2.75, 3.05) is 10.2 Å². The molecule has 69 heavy (non-hydrogen) atoms. The van der Waals surface area contributed by atoms with Crippen LogP contribution in [0.1, 0.15) is 101 Å². The van der Waals surface area contributed by atoms with E-state index in [2.05, 4.69) is 224 Å². The lowest BCUT2D eigenvalue weighted by atomic mass is 9.79. The van der Waals surface area contributed by atoms with E-state index >= 15 is 0 Å². The highest BCUT2D eigenvalue weighted by atomic mass is 15.2. The summed E-state index contributed by atoms with van der Waals surface area (Å²) in [6, 6.07) is 54.2. The van der Waals surface area contributed by atoms with E-state index in [4.69, 9.17) is 0 Å². The molecule has 6 aromatic rings. The molecule has 0 fully saturated rings. The van der Waals surface area contributed by atoms with Gasteiger partial charge >= 0.3 is 0 Å². The van der Waals surface area contributed by atoms with E-state index in [0.29, 0.717) is 11.5 Å². The van der Waals surface area contributed by atoms with Gasteiger partial charge in [-0.2, -0.15) is 5.26 Å². The number of rotatable bonds is 11. The van der Waals surface area contributed by atoms with E-state index in [9.17, 15) is 5.26 Å².